The van der Waals surface area contributed by atoms with Gasteiger partial charge in [-0.1, -0.05) is 19.9 Å². The van der Waals surface area contributed by atoms with Crippen molar-refractivity contribution in [2.45, 2.75) is 24.8 Å². The van der Waals surface area contributed by atoms with Crippen molar-refractivity contribution in [3.8, 4) is 0 Å². The smallest absolute Gasteiger partial charge is 0.262 e. The fraction of sp³-hybridized carbons (Fsp3) is 0.294. The van der Waals surface area contributed by atoms with Crippen LogP contribution in [-0.2, 0) is 14.8 Å². The van der Waals surface area contributed by atoms with Gasteiger partial charge < -0.3 is 10.6 Å². The van der Waals surface area contributed by atoms with E-state index in [1.807, 2.05) is 13.8 Å². The number of rotatable bonds is 7. The van der Waals surface area contributed by atoms with E-state index in [2.05, 4.69) is 15.4 Å². The van der Waals surface area contributed by atoms with Gasteiger partial charge >= 0.3 is 0 Å². The summed E-state index contributed by atoms with van der Waals surface area (Å²) in [7, 11) is -2.20. The third kappa shape index (κ3) is 4.90. The summed E-state index contributed by atoms with van der Waals surface area (Å²) < 4.78 is 25.7. The Hall–Kier alpha value is -2.23. The lowest BCUT2D eigenvalue weighted by Gasteiger charge is -2.21. The van der Waals surface area contributed by atoms with Crippen LogP contribution in [0.25, 0.3) is 0 Å². The summed E-state index contributed by atoms with van der Waals surface area (Å²) in [6, 6.07) is 8.54. The van der Waals surface area contributed by atoms with Crippen molar-refractivity contribution in [1.82, 2.24) is 10.0 Å². The number of amides is 2. The average Bonchev–Trinajstić information content (AvgIpc) is 3.14. The first-order valence-corrected chi connectivity index (χ1v) is 10.3. The number of benzene rings is 1. The topological polar surface area (TPSA) is 104 Å². The summed E-state index contributed by atoms with van der Waals surface area (Å²) in [5.41, 5.74) is 0.445. The number of thiophene rings is 1. The Balaban J connectivity index is 2.09. The first-order valence-electron chi connectivity index (χ1n) is 7.93. The van der Waals surface area contributed by atoms with Crippen LogP contribution in [0.1, 0.15) is 23.5 Å². The van der Waals surface area contributed by atoms with Crippen molar-refractivity contribution in [2.24, 2.45) is 5.92 Å². The van der Waals surface area contributed by atoms with Crippen molar-refractivity contribution >= 4 is 38.9 Å². The largest absolute Gasteiger partial charge is 0.339 e. The molecule has 1 aromatic carbocycles. The van der Waals surface area contributed by atoms with Gasteiger partial charge in [0.15, 0.2) is 0 Å². The molecule has 140 valence electrons. The molecule has 9 heteroatoms. The fourth-order valence-electron chi connectivity index (χ4n) is 2.21. The molecule has 0 saturated heterocycles. The third-order valence-corrected chi connectivity index (χ3v) is 5.98. The molecule has 2 aromatic rings. The summed E-state index contributed by atoms with van der Waals surface area (Å²) in [4.78, 5) is 25.4. The lowest BCUT2D eigenvalue weighted by molar-refractivity contribution is -0.118. The molecule has 3 N–H and O–H groups in total. The van der Waals surface area contributed by atoms with Crippen LogP contribution in [0.4, 0.5) is 5.69 Å². The van der Waals surface area contributed by atoms with Crippen LogP contribution in [0.15, 0.2) is 46.7 Å². The molecule has 0 bridgehead atoms. The molecular formula is C17H21N3O4S2. The van der Waals surface area contributed by atoms with E-state index < -0.39 is 16.1 Å². The molecule has 0 fully saturated rings. The molecule has 2 rings (SSSR count). The molecule has 26 heavy (non-hydrogen) atoms. The van der Waals surface area contributed by atoms with Crippen LogP contribution in [0, 0.1) is 5.92 Å². The Morgan fingerprint density at radius 2 is 1.73 bits per heavy atom. The molecule has 0 aliphatic heterocycles. The number of carbonyl (C=O) groups excluding carboxylic acids is 2. The van der Waals surface area contributed by atoms with Crippen LogP contribution in [0.2, 0.25) is 0 Å². The summed E-state index contributed by atoms with van der Waals surface area (Å²) in [5.74, 6) is -0.790. The van der Waals surface area contributed by atoms with Crippen molar-refractivity contribution in [3.63, 3.8) is 0 Å². The monoisotopic (exact) mass is 395 g/mol. The van der Waals surface area contributed by atoms with Crippen molar-refractivity contribution < 1.29 is 18.0 Å². The van der Waals surface area contributed by atoms with Gasteiger partial charge in [-0.25, -0.2) is 13.1 Å². The lowest BCUT2D eigenvalue weighted by Crippen LogP contribution is -2.46. The Morgan fingerprint density at radius 3 is 2.23 bits per heavy atom. The molecule has 0 aliphatic rings. The standard InChI is InChI=1S/C17H21N3O4S2/c1-11(2)15(20-16(21)14-5-4-10-25-14)17(22)19-12-6-8-13(9-7-12)26(23,24)18-3/h4-11,15,18H,1-3H3,(H,19,22)(H,20,21)/t15-/m0/s1. The van der Waals surface area contributed by atoms with Crippen LogP contribution >= 0.6 is 11.3 Å². The van der Waals surface area contributed by atoms with Crippen LogP contribution in [0.5, 0.6) is 0 Å². The maximum atomic E-state index is 12.5. The number of anilines is 1. The van der Waals surface area contributed by atoms with Crippen LogP contribution < -0.4 is 15.4 Å². The minimum atomic E-state index is -3.53. The number of hydrogen-bond donors (Lipinski definition) is 3. The van der Waals surface area contributed by atoms with Crippen molar-refractivity contribution in [2.75, 3.05) is 12.4 Å². The molecule has 2 amide bonds. The average molecular weight is 396 g/mol. The maximum absolute atomic E-state index is 12.5. The summed E-state index contributed by atoms with van der Waals surface area (Å²) >= 11 is 1.30. The first-order chi connectivity index (χ1) is 12.2. The molecule has 0 radical (unpaired) electrons. The quantitative estimate of drug-likeness (QED) is 0.667. The second kappa shape index (κ2) is 8.43. The Kier molecular flexibility index (Phi) is 6.52. The summed E-state index contributed by atoms with van der Waals surface area (Å²) in [5, 5.41) is 7.23. The molecule has 0 saturated carbocycles. The molecule has 0 unspecified atom stereocenters. The van der Waals surface area contributed by atoms with E-state index in [0.717, 1.165) is 0 Å². The number of sulfonamides is 1. The van der Waals surface area contributed by atoms with E-state index in [-0.39, 0.29) is 22.6 Å². The first kappa shape index (κ1) is 20.1. The molecule has 1 atom stereocenters. The molecule has 0 spiro atoms. The molecule has 7 nitrogen and oxygen atoms in total. The van der Waals surface area contributed by atoms with Crippen molar-refractivity contribution in [1.29, 1.82) is 0 Å². The third-order valence-electron chi connectivity index (χ3n) is 3.68. The van der Waals surface area contributed by atoms with Gasteiger partial charge in [-0.3, -0.25) is 9.59 Å². The van der Waals surface area contributed by atoms with Gasteiger partial charge in [0.1, 0.15) is 6.04 Å². The zero-order valence-corrected chi connectivity index (χ0v) is 16.3. The molecule has 1 heterocycles. The van der Waals surface area contributed by atoms with E-state index in [1.165, 1.54) is 42.6 Å². The van der Waals surface area contributed by atoms with Gasteiger partial charge in [0.2, 0.25) is 15.9 Å². The van der Waals surface area contributed by atoms with Gasteiger partial charge in [0, 0.05) is 5.69 Å². The number of nitrogens with one attached hydrogen (secondary N) is 3. The highest BCUT2D eigenvalue weighted by atomic mass is 32.2. The van der Waals surface area contributed by atoms with E-state index in [1.54, 1.807) is 17.5 Å². The Morgan fingerprint density at radius 1 is 1.08 bits per heavy atom. The van der Waals surface area contributed by atoms with Gasteiger partial charge in [0.25, 0.3) is 5.91 Å². The number of carbonyl (C=O) groups is 2. The summed E-state index contributed by atoms with van der Waals surface area (Å²) in [6.45, 7) is 3.67. The van der Waals surface area contributed by atoms with Gasteiger partial charge in [-0.2, -0.15) is 0 Å². The minimum absolute atomic E-state index is 0.101. The SMILES string of the molecule is CNS(=O)(=O)c1ccc(NC(=O)[C@@H](NC(=O)c2cccs2)C(C)C)cc1. The fourth-order valence-corrected chi connectivity index (χ4v) is 3.57. The predicted octanol–water partition coefficient (Wildman–Crippen LogP) is 2.05. The minimum Gasteiger partial charge on any atom is -0.339 e. The second-order valence-corrected chi connectivity index (χ2v) is 8.73. The normalized spacial score (nSPS) is 12.6. The second-order valence-electron chi connectivity index (χ2n) is 5.89. The van der Waals surface area contributed by atoms with E-state index in [0.29, 0.717) is 10.6 Å². The predicted molar refractivity (Wildman–Crippen MR) is 102 cm³/mol. The number of hydrogen-bond acceptors (Lipinski definition) is 5. The molecule has 1 aromatic heterocycles. The van der Waals surface area contributed by atoms with E-state index >= 15 is 0 Å². The lowest BCUT2D eigenvalue weighted by atomic mass is 10.0. The zero-order chi connectivity index (χ0) is 19.3. The summed E-state index contributed by atoms with van der Waals surface area (Å²) in [6.07, 6.45) is 0. The van der Waals surface area contributed by atoms with Gasteiger partial charge in [0.05, 0.1) is 9.77 Å². The van der Waals surface area contributed by atoms with Crippen molar-refractivity contribution in [3.05, 3.63) is 46.7 Å². The van der Waals surface area contributed by atoms with Gasteiger partial charge in [-0.05, 0) is 48.7 Å². The zero-order valence-electron chi connectivity index (χ0n) is 14.6. The maximum Gasteiger partial charge on any atom is 0.262 e. The molecular weight excluding hydrogens is 374 g/mol. The molecule has 0 aliphatic carbocycles. The Bertz CT molecular complexity index is 860. The van der Waals surface area contributed by atoms with Crippen LogP contribution in [-0.4, -0.2) is 33.3 Å². The highest BCUT2D eigenvalue weighted by Crippen LogP contribution is 2.16. The Labute approximate surface area is 156 Å². The highest BCUT2D eigenvalue weighted by molar-refractivity contribution is 7.89. The van der Waals surface area contributed by atoms with E-state index in [9.17, 15) is 18.0 Å². The van der Waals surface area contributed by atoms with Crippen LogP contribution in [0.3, 0.4) is 0 Å². The highest BCUT2D eigenvalue weighted by Gasteiger charge is 2.25. The van der Waals surface area contributed by atoms with E-state index in [4.69, 9.17) is 0 Å². The van der Waals surface area contributed by atoms with Gasteiger partial charge in [-0.15, -0.1) is 11.3 Å².